The van der Waals surface area contributed by atoms with Gasteiger partial charge in [-0.1, -0.05) is 26.0 Å². The summed E-state index contributed by atoms with van der Waals surface area (Å²) in [6.45, 7) is 8.69. The summed E-state index contributed by atoms with van der Waals surface area (Å²) in [7, 11) is -1.77. The fourth-order valence-electron chi connectivity index (χ4n) is 3.89. The van der Waals surface area contributed by atoms with Gasteiger partial charge in [-0.15, -0.1) is 0 Å². The molecule has 0 N–H and O–H groups in total. The summed E-state index contributed by atoms with van der Waals surface area (Å²) in [6, 6.07) is 8.14. The van der Waals surface area contributed by atoms with Crippen LogP contribution in [0.4, 0.5) is 0 Å². The van der Waals surface area contributed by atoms with E-state index in [4.69, 9.17) is 4.98 Å². The maximum atomic E-state index is 13.1. The van der Waals surface area contributed by atoms with Crippen molar-refractivity contribution in [1.82, 2.24) is 23.6 Å². The topological polar surface area (TPSA) is 73.0 Å². The molecule has 0 saturated carbocycles. The molecule has 7 nitrogen and oxygen atoms in total. The van der Waals surface area contributed by atoms with Gasteiger partial charge in [-0.05, 0) is 26.0 Å². The minimum absolute atomic E-state index is 0.0989. The van der Waals surface area contributed by atoms with E-state index in [-0.39, 0.29) is 12.0 Å². The molecule has 1 fully saturated rings. The lowest BCUT2D eigenvalue weighted by Crippen LogP contribution is -2.51. The van der Waals surface area contributed by atoms with Gasteiger partial charge >= 0.3 is 0 Å². The lowest BCUT2D eigenvalue weighted by atomic mass is 10.1. The van der Waals surface area contributed by atoms with Gasteiger partial charge in [-0.2, -0.15) is 9.40 Å². The average Bonchev–Trinajstić information content (AvgIpc) is 3.04. The van der Waals surface area contributed by atoms with Gasteiger partial charge in [0, 0.05) is 26.1 Å². The third-order valence-corrected chi connectivity index (χ3v) is 7.46. The van der Waals surface area contributed by atoms with Crippen LogP contribution in [0, 0.1) is 13.8 Å². The van der Waals surface area contributed by atoms with E-state index in [2.05, 4.69) is 29.6 Å². The summed E-state index contributed by atoms with van der Waals surface area (Å²) in [6.07, 6.45) is 0. The molecule has 4 rings (SSSR count). The third kappa shape index (κ3) is 2.70. The van der Waals surface area contributed by atoms with Crippen molar-refractivity contribution < 1.29 is 8.42 Å². The second-order valence-electron chi connectivity index (χ2n) is 7.58. The first kappa shape index (κ1) is 18.2. The van der Waals surface area contributed by atoms with E-state index in [1.807, 2.05) is 18.2 Å². The number of hydrogen-bond donors (Lipinski definition) is 0. The highest BCUT2D eigenvalue weighted by Crippen LogP contribution is 2.35. The van der Waals surface area contributed by atoms with Crippen LogP contribution in [0.3, 0.4) is 0 Å². The molecule has 0 spiro atoms. The number of aryl methyl sites for hydroxylation is 2. The molecule has 0 bridgehead atoms. The predicted molar refractivity (Wildman–Crippen MR) is 104 cm³/mol. The summed E-state index contributed by atoms with van der Waals surface area (Å²) < 4.78 is 31.6. The molecule has 3 aromatic rings. The van der Waals surface area contributed by atoms with E-state index < -0.39 is 10.0 Å². The minimum atomic E-state index is -3.54. The molecule has 0 radical (unpaired) electrons. The van der Waals surface area contributed by atoms with Crippen molar-refractivity contribution in [2.24, 2.45) is 7.05 Å². The molecule has 0 unspecified atom stereocenters. The molecule has 1 saturated heterocycles. The molecule has 1 aliphatic heterocycles. The summed E-state index contributed by atoms with van der Waals surface area (Å²) >= 11 is 0. The number of sulfonamides is 1. The van der Waals surface area contributed by atoms with Gasteiger partial charge in [0.15, 0.2) is 0 Å². The Morgan fingerprint density at radius 3 is 2.41 bits per heavy atom. The van der Waals surface area contributed by atoms with E-state index in [9.17, 15) is 8.42 Å². The SMILES string of the molecule is Cc1nn(C)c(C)c1S(=O)(=O)N1CC(n2c(C(C)C)nc3ccccc32)C1. The normalized spacial score (nSPS) is 16.4. The molecular weight excluding hydrogens is 362 g/mol. The minimum Gasteiger partial charge on any atom is -0.322 e. The standard InChI is InChI=1S/C19H25N5O2S/c1-12(2)19-20-16-8-6-7-9-17(16)24(19)15-10-23(11-15)27(25,26)18-13(3)21-22(5)14(18)4/h6-9,12,15H,10-11H2,1-5H3. The Bertz CT molecular complexity index is 1120. The molecule has 3 heterocycles. The smallest absolute Gasteiger partial charge is 0.246 e. The number of fused-ring (bicyclic) bond motifs is 1. The van der Waals surface area contributed by atoms with E-state index in [0.29, 0.717) is 29.4 Å². The highest BCUT2D eigenvalue weighted by atomic mass is 32.2. The van der Waals surface area contributed by atoms with Crippen molar-refractivity contribution in [2.45, 2.75) is 44.6 Å². The first-order valence-electron chi connectivity index (χ1n) is 9.19. The van der Waals surface area contributed by atoms with Crippen molar-refractivity contribution >= 4 is 21.1 Å². The highest BCUT2D eigenvalue weighted by molar-refractivity contribution is 7.89. The van der Waals surface area contributed by atoms with Gasteiger partial charge in [0.25, 0.3) is 0 Å². The van der Waals surface area contributed by atoms with Crippen LogP contribution in [-0.2, 0) is 17.1 Å². The molecule has 27 heavy (non-hydrogen) atoms. The van der Waals surface area contributed by atoms with E-state index in [0.717, 1.165) is 16.9 Å². The molecule has 2 aromatic heterocycles. The fraction of sp³-hybridized carbons (Fsp3) is 0.474. The van der Waals surface area contributed by atoms with Gasteiger partial charge in [-0.25, -0.2) is 13.4 Å². The maximum Gasteiger partial charge on any atom is 0.246 e. The molecular formula is C19H25N5O2S. The van der Waals surface area contributed by atoms with Gasteiger partial charge in [0.2, 0.25) is 10.0 Å². The van der Waals surface area contributed by atoms with Gasteiger partial charge < -0.3 is 4.57 Å². The van der Waals surface area contributed by atoms with Crippen LogP contribution in [0.25, 0.3) is 11.0 Å². The molecule has 144 valence electrons. The molecule has 8 heteroatoms. The van der Waals surface area contributed by atoms with E-state index >= 15 is 0 Å². The Morgan fingerprint density at radius 2 is 1.81 bits per heavy atom. The number of aromatic nitrogens is 4. The zero-order chi connectivity index (χ0) is 19.5. The zero-order valence-corrected chi connectivity index (χ0v) is 17.2. The van der Waals surface area contributed by atoms with Crippen LogP contribution < -0.4 is 0 Å². The van der Waals surface area contributed by atoms with Crippen LogP contribution in [0.1, 0.15) is 43.0 Å². The first-order valence-corrected chi connectivity index (χ1v) is 10.6. The number of imidazole rings is 1. The summed E-state index contributed by atoms with van der Waals surface area (Å²) in [5.41, 5.74) is 3.25. The quantitative estimate of drug-likeness (QED) is 0.690. The Hall–Kier alpha value is -2.19. The molecule has 1 aliphatic rings. The summed E-state index contributed by atoms with van der Waals surface area (Å²) in [4.78, 5) is 5.11. The van der Waals surface area contributed by atoms with Gasteiger partial charge in [0.05, 0.1) is 28.5 Å². The number of para-hydroxylation sites is 2. The lowest BCUT2D eigenvalue weighted by Gasteiger charge is -2.40. The maximum absolute atomic E-state index is 13.1. The molecule has 0 aliphatic carbocycles. The highest BCUT2D eigenvalue weighted by Gasteiger charge is 2.41. The number of benzene rings is 1. The zero-order valence-electron chi connectivity index (χ0n) is 16.3. The predicted octanol–water partition coefficient (Wildman–Crippen LogP) is 2.76. The van der Waals surface area contributed by atoms with Gasteiger partial charge in [0.1, 0.15) is 10.7 Å². The average molecular weight is 388 g/mol. The van der Waals surface area contributed by atoms with Crippen LogP contribution in [-0.4, -0.2) is 45.1 Å². The Morgan fingerprint density at radius 1 is 1.15 bits per heavy atom. The Labute approximate surface area is 159 Å². The monoisotopic (exact) mass is 387 g/mol. The van der Waals surface area contributed by atoms with Crippen molar-refractivity contribution in [3.8, 4) is 0 Å². The fourth-order valence-corrected chi connectivity index (χ4v) is 5.80. The van der Waals surface area contributed by atoms with Crippen LogP contribution in [0.15, 0.2) is 29.2 Å². The Balaban J connectivity index is 1.67. The second kappa shape index (κ2) is 6.17. The molecule has 0 atom stereocenters. The van der Waals surface area contributed by atoms with Crippen LogP contribution >= 0.6 is 0 Å². The first-order chi connectivity index (χ1) is 12.7. The van der Waals surface area contributed by atoms with Crippen molar-refractivity contribution in [1.29, 1.82) is 0 Å². The van der Waals surface area contributed by atoms with E-state index in [1.54, 1.807) is 29.9 Å². The van der Waals surface area contributed by atoms with Crippen LogP contribution in [0.5, 0.6) is 0 Å². The van der Waals surface area contributed by atoms with Crippen molar-refractivity contribution in [3.05, 3.63) is 41.5 Å². The number of nitrogens with zero attached hydrogens (tertiary/aromatic N) is 5. The van der Waals surface area contributed by atoms with Crippen LogP contribution in [0.2, 0.25) is 0 Å². The van der Waals surface area contributed by atoms with E-state index in [1.165, 1.54) is 0 Å². The lowest BCUT2D eigenvalue weighted by molar-refractivity contribution is 0.203. The largest absolute Gasteiger partial charge is 0.322 e. The number of rotatable bonds is 4. The summed E-state index contributed by atoms with van der Waals surface area (Å²) in [5, 5.41) is 4.26. The van der Waals surface area contributed by atoms with Crippen molar-refractivity contribution in [2.75, 3.05) is 13.1 Å². The van der Waals surface area contributed by atoms with Crippen molar-refractivity contribution in [3.63, 3.8) is 0 Å². The number of hydrogen-bond acceptors (Lipinski definition) is 4. The summed E-state index contributed by atoms with van der Waals surface area (Å²) in [5.74, 6) is 1.28. The Kier molecular flexibility index (Phi) is 4.16. The van der Waals surface area contributed by atoms with Gasteiger partial charge in [-0.3, -0.25) is 4.68 Å². The third-order valence-electron chi connectivity index (χ3n) is 5.37. The molecule has 1 aromatic carbocycles. The second-order valence-corrected chi connectivity index (χ2v) is 9.46. The molecule has 0 amide bonds.